The first-order valence-corrected chi connectivity index (χ1v) is 10.4. The highest BCUT2D eigenvalue weighted by molar-refractivity contribution is 6.10. The van der Waals surface area contributed by atoms with Crippen molar-refractivity contribution in [1.29, 1.82) is 0 Å². The Bertz CT molecular complexity index is 1080. The Morgan fingerprint density at radius 2 is 1.69 bits per heavy atom. The van der Waals surface area contributed by atoms with Crippen molar-refractivity contribution in [1.82, 2.24) is 14.9 Å². The zero-order valence-corrected chi connectivity index (χ0v) is 16.6. The number of anilines is 1. The van der Waals surface area contributed by atoms with Gasteiger partial charge in [-0.25, -0.2) is 4.98 Å². The van der Waals surface area contributed by atoms with Gasteiger partial charge in [-0.1, -0.05) is 30.3 Å². The molecule has 2 aromatic heterocycles. The second kappa shape index (κ2) is 8.13. The number of fused-ring (bicyclic) bond motifs is 3. The molecule has 1 fully saturated rings. The lowest BCUT2D eigenvalue weighted by Crippen LogP contribution is -2.47. The molecule has 3 heterocycles. The van der Waals surface area contributed by atoms with E-state index in [9.17, 15) is 0 Å². The molecule has 1 aliphatic heterocycles. The van der Waals surface area contributed by atoms with Crippen molar-refractivity contribution in [2.45, 2.75) is 6.42 Å². The van der Waals surface area contributed by atoms with Gasteiger partial charge in [-0.15, -0.1) is 0 Å². The highest BCUT2D eigenvalue weighted by Crippen LogP contribution is 2.32. The molecule has 0 spiro atoms. The van der Waals surface area contributed by atoms with Crippen LogP contribution in [-0.4, -0.2) is 54.2 Å². The van der Waals surface area contributed by atoms with E-state index in [1.165, 1.54) is 10.8 Å². The van der Waals surface area contributed by atoms with E-state index in [4.69, 9.17) is 4.74 Å². The van der Waals surface area contributed by atoms with Crippen LogP contribution in [0.4, 0.5) is 5.82 Å². The smallest absolute Gasteiger partial charge is 0.129 e. The zero-order valence-electron chi connectivity index (χ0n) is 16.6. The third-order valence-corrected chi connectivity index (χ3v) is 5.71. The largest absolute Gasteiger partial charge is 0.493 e. The Morgan fingerprint density at radius 3 is 2.55 bits per heavy atom. The molecule has 0 amide bonds. The van der Waals surface area contributed by atoms with E-state index in [0.29, 0.717) is 0 Å². The summed E-state index contributed by atoms with van der Waals surface area (Å²) in [5, 5.41) is 2.41. The Balaban J connectivity index is 1.15. The predicted octanol–water partition coefficient (Wildman–Crippen LogP) is 4.31. The van der Waals surface area contributed by atoms with Gasteiger partial charge in [-0.2, -0.15) is 0 Å². The van der Waals surface area contributed by atoms with Gasteiger partial charge in [0.05, 0.1) is 12.1 Å². The van der Waals surface area contributed by atoms with Crippen molar-refractivity contribution in [2.75, 3.05) is 44.2 Å². The topological polar surface area (TPSA) is 44.4 Å². The maximum atomic E-state index is 6.20. The van der Waals surface area contributed by atoms with Crippen molar-refractivity contribution in [3.63, 3.8) is 0 Å². The molecule has 2 aromatic carbocycles. The van der Waals surface area contributed by atoms with E-state index in [0.717, 1.165) is 68.4 Å². The van der Waals surface area contributed by atoms with Crippen LogP contribution in [0.25, 0.3) is 21.8 Å². The molecule has 0 radical (unpaired) electrons. The number of aromatic nitrogens is 2. The van der Waals surface area contributed by atoms with Gasteiger partial charge in [0.15, 0.2) is 0 Å². The van der Waals surface area contributed by atoms with Gasteiger partial charge >= 0.3 is 0 Å². The number of nitrogens with zero attached hydrogens (tertiary/aromatic N) is 3. The lowest BCUT2D eigenvalue weighted by molar-refractivity contribution is 0.225. The highest BCUT2D eigenvalue weighted by Gasteiger charge is 2.17. The number of rotatable bonds is 6. The number of ether oxygens (including phenoxy) is 1. The van der Waals surface area contributed by atoms with Crippen LogP contribution in [0.1, 0.15) is 6.42 Å². The van der Waals surface area contributed by atoms with E-state index in [1.807, 2.05) is 12.3 Å². The molecular formula is C24H26N4O. The molecule has 5 heteroatoms. The zero-order chi connectivity index (χ0) is 19.5. The van der Waals surface area contributed by atoms with Crippen molar-refractivity contribution >= 4 is 27.6 Å². The van der Waals surface area contributed by atoms with Crippen LogP contribution >= 0.6 is 0 Å². The number of pyridine rings is 1. The average molecular weight is 386 g/mol. The fourth-order valence-electron chi connectivity index (χ4n) is 4.20. The molecule has 148 valence electrons. The predicted molar refractivity (Wildman–Crippen MR) is 119 cm³/mol. The third-order valence-electron chi connectivity index (χ3n) is 5.71. The molecule has 0 aliphatic carbocycles. The van der Waals surface area contributed by atoms with E-state index >= 15 is 0 Å². The quantitative estimate of drug-likeness (QED) is 0.502. The Kier molecular flexibility index (Phi) is 5.05. The molecule has 0 bridgehead atoms. The monoisotopic (exact) mass is 386 g/mol. The summed E-state index contributed by atoms with van der Waals surface area (Å²) in [5.74, 6) is 2.06. The van der Waals surface area contributed by atoms with Crippen LogP contribution in [0.15, 0.2) is 66.9 Å². The normalized spacial score (nSPS) is 15.2. The molecule has 1 saturated heterocycles. The minimum absolute atomic E-state index is 0.735. The highest BCUT2D eigenvalue weighted by atomic mass is 16.5. The van der Waals surface area contributed by atoms with Gasteiger partial charge in [-0.05, 0) is 36.8 Å². The van der Waals surface area contributed by atoms with Crippen molar-refractivity contribution in [3.05, 3.63) is 66.9 Å². The van der Waals surface area contributed by atoms with Crippen LogP contribution in [0.2, 0.25) is 0 Å². The lowest BCUT2D eigenvalue weighted by Gasteiger charge is -2.35. The molecule has 5 rings (SSSR count). The summed E-state index contributed by atoms with van der Waals surface area (Å²) < 4.78 is 6.20. The van der Waals surface area contributed by atoms with E-state index in [2.05, 4.69) is 74.4 Å². The summed E-state index contributed by atoms with van der Waals surface area (Å²) in [6.07, 6.45) is 2.90. The molecule has 0 atom stereocenters. The molecular weight excluding hydrogens is 360 g/mol. The Hall–Kier alpha value is -3.05. The fourth-order valence-corrected chi connectivity index (χ4v) is 4.20. The van der Waals surface area contributed by atoms with Gasteiger partial charge in [0, 0.05) is 55.2 Å². The first-order chi connectivity index (χ1) is 14.4. The van der Waals surface area contributed by atoms with Crippen molar-refractivity contribution in [3.8, 4) is 5.75 Å². The minimum atomic E-state index is 0.735. The minimum Gasteiger partial charge on any atom is -0.493 e. The second-order valence-corrected chi connectivity index (χ2v) is 7.57. The summed E-state index contributed by atoms with van der Waals surface area (Å²) >= 11 is 0. The fraction of sp³-hybridized carbons (Fsp3) is 0.292. The number of piperazine rings is 1. The van der Waals surface area contributed by atoms with Crippen molar-refractivity contribution in [2.24, 2.45) is 0 Å². The van der Waals surface area contributed by atoms with E-state index in [1.54, 1.807) is 0 Å². The summed E-state index contributed by atoms with van der Waals surface area (Å²) in [6, 6.07) is 20.8. The second-order valence-electron chi connectivity index (χ2n) is 7.57. The van der Waals surface area contributed by atoms with Gasteiger partial charge < -0.3 is 14.6 Å². The average Bonchev–Trinajstić information content (AvgIpc) is 3.17. The first kappa shape index (κ1) is 18.0. The Labute approximate surface area is 170 Å². The molecule has 1 N–H and O–H groups in total. The van der Waals surface area contributed by atoms with Crippen LogP contribution in [0.5, 0.6) is 5.75 Å². The van der Waals surface area contributed by atoms with E-state index in [-0.39, 0.29) is 0 Å². The van der Waals surface area contributed by atoms with Gasteiger partial charge in [0.1, 0.15) is 11.6 Å². The summed E-state index contributed by atoms with van der Waals surface area (Å²) in [6.45, 7) is 6.03. The number of hydrogen-bond acceptors (Lipinski definition) is 4. The molecule has 1 aliphatic rings. The number of hydrogen-bond donors (Lipinski definition) is 1. The number of benzene rings is 2. The number of aromatic amines is 1. The standard InChI is InChI=1S/C24H26N4O/c1-2-8-20-19(7-1)24-21(26-20)9-5-10-22(24)29-18-6-13-27-14-16-28(17-15-27)23-11-3-4-12-25-23/h1-5,7-12,26H,6,13-18H2. The van der Waals surface area contributed by atoms with Gasteiger partial charge in [-0.3, -0.25) is 4.90 Å². The van der Waals surface area contributed by atoms with Gasteiger partial charge in [0.2, 0.25) is 0 Å². The summed E-state index contributed by atoms with van der Waals surface area (Å²) in [4.78, 5) is 12.8. The molecule has 0 unspecified atom stereocenters. The molecule has 4 aromatic rings. The maximum absolute atomic E-state index is 6.20. The lowest BCUT2D eigenvalue weighted by atomic mass is 10.1. The summed E-state index contributed by atoms with van der Waals surface area (Å²) in [5.41, 5.74) is 2.29. The van der Waals surface area contributed by atoms with Crippen LogP contribution < -0.4 is 9.64 Å². The molecule has 0 saturated carbocycles. The Morgan fingerprint density at radius 1 is 0.862 bits per heavy atom. The van der Waals surface area contributed by atoms with Crippen LogP contribution in [0.3, 0.4) is 0 Å². The molecule has 29 heavy (non-hydrogen) atoms. The van der Waals surface area contributed by atoms with Crippen LogP contribution in [0, 0.1) is 0 Å². The third kappa shape index (κ3) is 3.78. The van der Waals surface area contributed by atoms with Crippen molar-refractivity contribution < 1.29 is 4.74 Å². The van der Waals surface area contributed by atoms with E-state index < -0.39 is 0 Å². The number of para-hydroxylation sites is 1. The summed E-state index contributed by atoms with van der Waals surface area (Å²) in [7, 11) is 0. The number of H-pyrrole nitrogens is 1. The maximum Gasteiger partial charge on any atom is 0.129 e. The first-order valence-electron chi connectivity index (χ1n) is 10.4. The van der Waals surface area contributed by atoms with Crippen LogP contribution in [-0.2, 0) is 0 Å². The SMILES string of the molecule is c1ccc(N2CCN(CCCOc3cccc4[nH]c5ccccc5c34)CC2)nc1. The molecule has 5 nitrogen and oxygen atoms in total. The number of nitrogens with one attached hydrogen (secondary N) is 1. The van der Waals surface area contributed by atoms with Gasteiger partial charge in [0.25, 0.3) is 0 Å².